The molecule has 2 nitrogen and oxygen atoms in total. The van der Waals surface area contributed by atoms with Crippen molar-refractivity contribution in [2.45, 2.75) is 58.8 Å². The first-order valence-corrected chi connectivity index (χ1v) is 7.76. The van der Waals surface area contributed by atoms with Crippen molar-refractivity contribution in [3.05, 3.63) is 0 Å². The fraction of sp³-hybridized carbons (Fsp3) is 1.00. The summed E-state index contributed by atoms with van der Waals surface area (Å²) in [5.74, 6) is 0.957. The minimum atomic E-state index is 0.957. The maximum absolute atomic E-state index is 3.48. The van der Waals surface area contributed by atoms with Crippen molar-refractivity contribution < 1.29 is 0 Å². The smallest absolute Gasteiger partial charge is 0.00162 e. The van der Waals surface area contributed by atoms with Crippen molar-refractivity contribution in [3.8, 4) is 0 Å². The second kappa shape index (κ2) is 9.90. The fourth-order valence-electron chi connectivity index (χ4n) is 2.61. The van der Waals surface area contributed by atoms with Crippen molar-refractivity contribution in [2.24, 2.45) is 5.92 Å². The van der Waals surface area contributed by atoms with E-state index in [-0.39, 0.29) is 0 Å². The number of unbranched alkanes of at least 4 members (excludes halogenated alkanes) is 2. The average Bonchev–Trinajstić information content (AvgIpc) is 2.53. The van der Waals surface area contributed by atoms with Gasteiger partial charge in [0, 0.05) is 0 Å². The van der Waals surface area contributed by atoms with Gasteiger partial charge in [0.2, 0.25) is 0 Å². The number of rotatable bonds is 8. The lowest BCUT2D eigenvalue weighted by molar-refractivity contribution is 0.275. The number of nitrogens with one attached hydrogen (secondary N) is 1. The van der Waals surface area contributed by atoms with Crippen LogP contribution in [0.1, 0.15) is 58.8 Å². The zero-order valence-electron chi connectivity index (χ0n) is 12.0. The highest BCUT2D eigenvalue weighted by atomic mass is 15.1. The predicted octanol–water partition coefficient (Wildman–Crippen LogP) is 3.28. The second-order valence-corrected chi connectivity index (χ2v) is 5.69. The maximum atomic E-state index is 3.48. The summed E-state index contributed by atoms with van der Waals surface area (Å²) in [5, 5.41) is 3.48. The summed E-state index contributed by atoms with van der Waals surface area (Å²) in [6, 6.07) is 0. The summed E-state index contributed by atoms with van der Waals surface area (Å²) in [7, 11) is 0. The van der Waals surface area contributed by atoms with Gasteiger partial charge < -0.3 is 10.2 Å². The van der Waals surface area contributed by atoms with Gasteiger partial charge in [-0.25, -0.2) is 0 Å². The van der Waals surface area contributed by atoms with Crippen LogP contribution in [0.25, 0.3) is 0 Å². The van der Waals surface area contributed by atoms with Crippen LogP contribution in [0, 0.1) is 5.92 Å². The Labute approximate surface area is 108 Å². The van der Waals surface area contributed by atoms with Gasteiger partial charge in [0.1, 0.15) is 0 Å². The van der Waals surface area contributed by atoms with Crippen molar-refractivity contribution in [2.75, 3.05) is 32.7 Å². The lowest BCUT2D eigenvalue weighted by Crippen LogP contribution is -2.26. The first kappa shape index (κ1) is 15.0. The summed E-state index contributed by atoms with van der Waals surface area (Å²) >= 11 is 0. The number of likely N-dealkylation sites (tertiary alicyclic amines) is 1. The monoisotopic (exact) mass is 240 g/mol. The molecule has 1 aliphatic heterocycles. The van der Waals surface area contributed by atoms with E-state index < -0.39 is 0 Å². The standard InChI is InChI=1S/C15H32N2/c1-3-10-16-11-5-4-6-12-17-13-7-8-15(2)9-14-17/h15-16H,3-14H2,1-2H3. The highest BCUT2D eigenvalue weighted by Crippen LogP contribution is 2.16. The highest BCUT2D eigenvalue weighted by Gasteiger charge is 2.12. The van der Waals surface area contributed by atoms with E-state index in [1.807, 2.05) is 0 Å². The molecule has 2 heteroatoms. The van der Waals surface area contributed by atoms with Crippen LogP contribution < -0.4 is 5.32 Å². The van der Waals surface area contributed by atoms with Crippen molar-refractivity contribution in [3.63, 3.8) is 0 Å². The molecule has 1 rings (SSSR count). The van der Waals surface area contributed by atoms with Crippen molar-refractivity contribution in [1.29, 1.82) is 0 Å². The Morgan fingerprint density at radius 3 is 2.76 bits per heavy atom. The lowest BCUT2D eigenvalue weighted by atomic mass is 10.0. The van der Waals surface area contributed by atoms with Gasteiger partial charge >= 0.3 is 0 Å². The molecule has 0 saturated carbocycles. The molecule has 0 aromatic heterocycles. The highest BCUT2D eigenvalue weighted by molar-refractivity contribution is 4.67. The van der Waals surface area contributed by atoms with Crippen LogP contribution in [0.4, 0.5) is 0 Å². The molecule has 0 aromatic rings. The molecule has 17 heavy (non-hydrogen) atoms. The van der Waals surface area contributed by atoms with E-state index in [0.29, 0.717) is 0 Å². The molecule has 102 valence electrons. The Bertz CT molecular complexity index is 170. The van der Waals surface area contributed by atoms with E-state index in [1.54, 1.807) is 0 Å². The summed E-state index contributed by atoms with van der Waals surface area (Å²) in [6.45, 7) is 11.1. The van der Waals surface area contributed by atoms with Gasteiger partial charge in [-0.2, -0.15) is 0 Å². The SMILES string of the molecule is CCCNCCCCCN1CCCC(C)CC1. The molecule has 0 aromatic carbocycles. The van der Waals surface area contributed by atoms with E-state index in [0.717, 1.165) is 5.92 Å². The molecule has 1 N–H and O–H groups in total. The van der Waals surface area contributed by atoms with Gasteiger partial charge in [-0.1, -0.05) is 20.3 Å². The molecule has 0 amide bonds. The number of hydrogen-bond acceptors (Lipinski definition) is 2. The third kappa shape index (κ3) is 7.77. The third-order valence-corrected chi connectivity index (χ3v) is 3.86. The van der Waals surface area contributed by atoms with E-state index in [4.69, 9.17) is 0 Å². The Balaban J connectivity index is 1.91. The van der Waals surface area contributed by atoms with Gasteiger partial charge in [0.15, 0.2) is 0 Å². The maximum Gasteiger partial charge on any atom is -0.00162 e. The fourth-order valence-corrected chi connectivity index (χ4v) is 2.61. The van der Waals surface area contributed by atoms with Gasteiger partial charge in [-0.15, -0.1) is 0 Å². The van der Waals surface area contributed by atoms with Crippen LogP contribution in [-0.4, -0.2) is 37.6 Å². The van der Waals surface area contributed by atoms with Crippen LogP contribution in [-0.2, 0) is 0 Å². The van der Waals surface area contributed by atoms with Gasteiger partial charge in [0.25, 0.3) is 0 Å². The Hall–Kier alpha value is -0.0800. The quantitative estimate of drug-likeness (QED) is 0.655. The number of nitrogens with zero attached hydrogens (tertiary/aromatic N) is 1. The molecule has 0 bridgehead atoms. The van der Waals surface area contributed by atoms with E-state index in [2.05, 4.69) is 24.1 Å². The minimum absolute atomic E-state index is 0.957. The summed E-state index contributed by atoms with van der Waals surface area (Å²) in [6.07, 6.45) is 9.66. The first-order chi connectivity index (χ1) is 8.33. The minimum Gasteiger partial charge on any atom is -0.317 e. The molecule has 1 aliphatic rings. The molecule has 0 radical (unpaired) electrons. The van der Waals surface area contributed by atoms with Crippen molar-refractivity contribution >= 4 is 0 Å². The number of hydrogen-bond donors (Lipinski definition) is 1. The average molecular weight is 240 g/mol. The molecule has 1 atom stereocenters. The topological polar surface area (TPSA) is 15.3 Å². The van der Waals surface area contributed by atoms with Crippen LogP contribution in [0.2, 0.25) is 0 Å². The normalized spacial score (nSPS) is 22.6. The van der Waals surface area contributed by atoms with Crippen LogP contribution >= 0.6 is 0 Å². The molecule has 0 aliphatic carbocycles. The summed E-state index contributed by atoms with van der Waals surface area (Å²) in [4.78, 5) is 2.68. The van der Waals surface area contributed by atoms with Gasteiger partial charge in [-0.05, 0) is 77.2 Å². The molecule has 1 heterocycles. The Morgan fingerprint density at radius 2 is 1.94 bits per heavy atom. The zero-order chi connectivity index (χ0) is 12.3. The van der Waals surface area contributed by atoms with Crippen LogP contribution in [0.3, 0.4) is 0 Å². The second-order valence-electron chi connectivity index (χ2n) is 5.69. The lowest BCUT2D eigenvalue weighted by Gasteiger charge is -2.19. The summed E-state index contributed by atoms with van der Waals surface area (Å²) in [5.41, 5.74) is 0. The van der Waals surface area contributed by atoms with Crippen LogP contribution in [0.15, 0.2) is 0 Å². The molecule has 1 saturated heterocycles. The summed E-state index contributed by atoms with van der Waals surface area (Å²) < 4.78 is 0. The molecule has 0 spiro atoms. The molecular formula is C15H32N2. The molecule has 1 unspecified atom stereocenters. The third-order valence-electron chi connectivity index (χ3n) is 3.86. The molecule has 1 fully saturated rings. The van der Waals surface area contributed by atoms with E-state index in [9.17, 15) is 0 Å². The largest absolute Gasteiger partial charge is 0.317 e. The van der Waals surface area contributed by atoms with Gasteiger partial charge in [-0.3, -0.25) is 0 Å². The molecular weight excluding hydrogens is 208 g/mol. The Kier molecular flexibility index (Phi) is 8.72. The van der Waals surface area contributed by atoms with E-state index >= 15 is 0 Å². The van der Waals surface area contributed by atoms with Gasteiger partial charge in [0.05, 0.1) is 0 Å². The predicted molar refractivity (Wildman–Crippen MR) is 76.5 cm³/mol. The van der Waals surface area contributed by atoms with Crippen LogP contribution in [0.5, 0.6) is 0 Å². The van der Waals surface area contributed by atoms with Crippen molar-refractivity contribution in [1.82, 2.24) is 10.2 Å². The zero-order valence-corrected chi connectivity index (χ0v) is 12.0. The first-order valence-electron chi connectivity index (χ1n) is 7.76. The van der Waals surface area contributed by atoms with E-state index in [1.165, 1.54) is 77.7 Å². The Morgan fingerprint density at radius 1 is 1.06 bits per heavy atom.